The van der Waals surface area contributed by atoms with Crippen LogP contribution in [0.2, 0.25) is 0 Å². The molecule has 0 radical (unpaired) electrons. The van der Waals surface area contributed by atoms with Crippen LogP contribution in [0.3, 0.4) is 0 Å². The van der Waals surface area contributed by atoms with Gasteiger partial charge in [0.1, 0.15) is 0 Å². The molecule has 0 bridgehead atoms. The van der Waals surface area contributed by atoms with Crippen molar-refractivity contribution in [3.8, 4) is 0 Å². The largest absolute Gasteiger partial charge is 0.378 e. The van der Waals surface area contributed by atoms with Crippen molar-refractivity contribution >= 4 is 46.4 Å². The predicted octanol–water partition coefficient (Wildman–Crippen LogP) is 3.59. The van der Waals surface area contributed by atoms with Crippen LogP contribution < -0.4 is 0 Å². The maximum Gasteiger partial charge on any atom is 0.0701 e. The van der Waals surface area contributed by atoms with Crippen LogP contribution in [0.4, 0.5) is 0 Å². The van der Waals surface area contributed by atoms with Crippen molar-refractivity contribution in [3.05, 3.63) is 0 Å². The van der Waals surface area contributed by atoms with E-state index in [1.807, 2.05) is 0 Å². The van der Waals surface area contributed by atoms with Gasteiger partial charge in [-0.15, -0.1) is 46.4 Å². The van der Waals surface area contributed by atoms with Gasteiger partial charge in [-0.2, -0.15) is 0 Å². The van der Waals surface area contributed by atoms with E-state index in [0.717, 1.165) is 0 Å². The number of ether oxygens (including phenoxy) is 40. The van der Waals surface area contributed by atoms with E-state index in [9.17, 15) is 0 Å². The molecule has 0 rings (SSSR count). The van der Waals surface area contributed by atoms with Crippen LogP contribution >= 0.6 is 46.4 Å². The van der Waals surface area contributed by atoms with Gasteiger partial charge in [-0.3, -0.25) is 0 Å². The van der Waals surface area contributed by atoms with Crippen molar-refractivity contribution < 1.29 is 189 Å². The maximum atomic E-state index is 6.30. The number of hydrogen-bond acceptors (Lipinski definition) is 40. The molecule has 0 aliphatic carbocycles. The topological polar surface area (TPSA) is 369 Å². The second-order valence-electron chi connectivity index (χ2n) is 26.5. The van der Waals surface area contributed by atoms with Gasteiger partial charge in [-0.25, -0.2) is 0 Å². The Labute approximate surface area is 789 Å². The Bertz CT molecular complexity index is 1700. The van der Waals surface area contributed by atoms with Crippen LogP contribution in [0.15, 0.2) is 0 Å². The number of alkyl halides is 4. The monoisotopic (exact) mass is 1970 g/mol. The van der Waals surface area contributed by atoms with Crippen molar-refractivity contribution in [1.82, 2.24) is 0 Å². The van der Waals surface area contributed by atoms with E-state index in [2.05, 4.69) is 0 Å². The molecule has 0 aromatic carbocycles. The second kappa shape index (κ2) is 122. The first-order valence-corrected chi connectivity index (χ1v) is 47.7. The third-order valence-electron chi connectivity index (χ3n) is 15.9. The van der Waals surface area contributed by atoms with Crippen molar-refractivity contribution in [1.29, 1.82) is 0 Å². The molecule has 129 heavy (non-hydrogen) atoms. The number of rotatable bonds is 124. The smallest absolute Gasteiger partial charge is 0.0701 e. The highest BCUT2D eigenvalue weighted by Crippen LogP contribution is 2.21. The van der Waals surface area contributed by atoms with Crippen LogP contribution in [0.1, 0.15) is 0 Å². The molecular formula is C85H168Cl4O40. The summed E-state index contributed by atoms with van der Waals surface area (Å²) in [6, 6.07) is 0. The number of halogens is 4. The van der Waals surface area contributed by atoms with Crippen LogP contribution in [-0.4, -0.2) is 552 Å². The zero-order valence-electron chi connectivity index (χ0n) is 77.7. The molecule has 0 unspecified atom stereocenters. The van der Waals surface area contributed by atoms with Gasteiger partial charge in [0, 0.05) is 23.5 Å². The van der Waals surface area contributed by atoms with E-state index < -0.39 is 5.41 Å². The fraction of sp³-hybridized carbons (Fsp3) is 1.00. The molecule has 776 valence electrons. The fourth-order valence-electron chi connectivity index (χ4n) is 9.54. The first-order valence-electron chi connectivity index (χ1n) is 45.6. The van der Waals surface area contributed by atoms with Crippen LogP contribution in [0, 0.1) is 5.41 Å². The lowest BCUT2D eigenvalue weighted by atomic mass is 9.92. The second-order valence-corrected chi connectivity index (χ2v) is 28.0. The molecule has 0 aliphatic rings. The Hall–Kier alpha value is -0.440. The van der Waals surface area contributed by atoms with Crippen molar-refractivity contribution in [2.24, 2.45) is 5.41 Å². The summed E-state index contributed by atoms with van der Waals surface area (Å²) in [5.41, 5.74) is -0.752. The third-order valence-corrected chi connectivity index (χ3v) is 16.5. The van der Waals surface area contributed by atoms with Gasteiger partial charge in [-0.1, -0.05) is 0 Å². The summed E-state index contributed by atoms with van der Waals surface area (Å²) in [7, 11) is 0. The summed E-state index contributed by atoms with van der Waals surface area (Å²) in [5.74, 6) is 1.89. The lowest BCUT2D eigenvalue weighted by Crippen LogP contribution is -2.43. The van der Waals surface area contributed by atoms with Crippen LogP contribution in [0.5, 0.6) is 0 Å². The molecule has 0 amide bonds. The van der Waals surface area contributed by atoms with E-state index >= 15 is 0 Å². The zero-order chi connectivity index (χ0) is 92.2. The zero-order valence-corrected chi connectivity index (χ0v) is 80.8. The SMILES string of the molecule is ClCCOCCOCCOCCOCCOCCOCCOCCOCCOCCOCC(COCCOCCOCCOCCOCCOCCOCCOCCOCCOCCCl)(COCCOCCOCCOCCOCCOCCOCCOCCOCCOCCCl)COCCOCCOCCOCCOCCOCCOCCOCCOCCOCCCl. The summed E-state index contributed by atoms with van der Waals surface area (Å²) >= 11 is 22.3. The first kappa shape index (κ1) is 129. The van der Waals surface area contributed by atoms with Gasteiger partial charge in [0.2, 0.25) is 0 Å². The molecule has 0 aliphatic heterocycles. The average Bonchev–Trinajstić information content (AvgIpc) is 0.868. The molecule has 0 aromatic heterocycles. The van der Waals surface area contributed by atoms with Gasteiger partial charge in [0.05, 0.1) is 534 Å². The Balaban J connectivity index is 5.04. The van der Waals surface area contributed by atoms with Crippen LogP contribution in [-0.2, 0) is 189 Å². The maximum absolute atomic E-state index is 6.30. The molecule has 0 N–H and O–H groups in total. The third kappa shape index (κ3) is 116. The molecule has 0 spiro atoms. The Morgan fingerprint density at radius 3 is 0.194 bits per heavy atom. The van der Waals surface area contributed by atoms with Crippen molar-refractivity contribution in [2.75, 3.05) is 552 Å². The molecule has 0 saturated heterocycles. The lowest BCUT2D eigenvalue weighted by Gasteiger charge is -2.33. The molecular weight excluding hydrogens is 1800 g/mol. The molecule has 0 heterocycles. The van der Waals surface area contributed by atoms with Crippen LogP contribution in [0.25, 0.3) is 0 Å². The van der Waals surface area contributed by atoms with Gasteiger partial charge >= 0.3 is 0 Å². The summed E-state index contributed by atoms with van der Waals surface area (Å²) in [5, 5.41) is 0. The van der Waals surface area contributed by atoms with Gasteiger partial charge in [0.25, 0.3) is 0 Å². The highest BCUT2D eigenvalue weighted by molar-refractivity contribution is 6.18. The highest BCUT2D eigenvalue weighted by atomic mass is 35.5. The Morgan fingerprint density at radius 2 is 0.132 bits per heavy atom. The lowest BCUT2D eigenvalue weighted by molar-refractivity contribution is -0.123. The molecule has 0 atom stereocenters. The van der Waals surface area contributed by atoms with Gasteiger partial charge < -0.3 is 189 Å². The standard InChI is InChI=1S/C85H168Cl4O40/c86-1-5-90-9-13-94-17-21-98-25-29-102-33-37-106-41-45-110-49-53-114-57-61-118-65-69-122-73-77-126-81-85(82-127-78-74-123-70-66-119-62-58-115-54-50-111-46-42-107-38-34-103-30-26-99-22-18-95-14-10-91-6-2-87,83-128-79-75-124-71-67-120-63-59-116-55-51-112-47-43-108-39-35-104-31-27-100-23-19-96-15-11-92-7-3-88)84-129-80-76-125-72-68-121-64-60-117-56-52-113-48-44-109-40-36-105-32-28-101-24-20-97-16-12-93-8-4-89/h1-84H2. The molecule has 40 nitrogen and oxygen atoms in total. The highest BCUT2D eigenvalue weighted by Gasteiger charge is 2.33. The predicted molar refractivity (Wildman–Crippen MR) is 478 cm³/mol. The number of hydrogen-bond donors (Lipinski definition) is 0. The minimum absolute atomic E-state index is 0.225. The quantitative estimate of drug-likeness (QED) is 0.0620. The molecule has 44 heteroatoms. The minimum Gasteiger partial charge on any atom is -0.378 e. The molecule has 0 fully saturated rings. The normalized spacial score (nSPS) is 12.0. The summed E-state index contributed by atoms with van der Waals surface area (Å²) < 4.78 is 226. The summed E-state index contributed by atoms with van der Waals surface area (Å²) in [6.07, 6.45) is 0. The fourth-order valence-corrected chi connectivity index (χ4v) is 9.98. The minimum atomic E-state index is -0.752. The summed E-state index contributed by atoms with van der Waals surface area (Å²) in [6.45, 7) is 34.4. The van der Waals surface area contributed by atoms with E-state index in [0.29, 0.717) is 526 Å². The van der Waals surface area contributed by atoms with E-state index in [-0.39, 0.29) is 26.4 Å². The van der Waals surface area contributed by atoms with E-state index in [1.54, 1.807) is 0 Å². The molecule has 0 saturated carbocycles. The Morgan fingerprint density at radius 1 is 0.0775 bits per heavy atom. The van der Waals surface area contributed by atoms with E-state index in [4.69, 9.17) is 236 Å². The Kier molecular flexibility index (Phi) is 121. The average molecular weight is 1970 g/mol. The molecule has 0 aromatic rings. The van der Waals surface area contributed by atoms with Gasteiger partial charge in [0.15, 0.2) is 0 Å². The van der Waals surface area contributed by atoms with Crippen molar-refractivity contribution in [3.63, 3.8) is 0 Å². The summed E-state index contributed by atoms with van der Waals surface area (Å²) in [4.78, 5) is 0. The van der Waals surface area contributed by atoms with Gasteiger partial charge in [-0.05, 0) is 0 Å². The van der Waals surface area contributed by atoms with E-state index in [1.165, 1.54) is 0 Å². The first-order chi connectivity index (χ1) is 64.2. The van der Waals surface area contributed by atoms with Crippen molar-refractivity contribution in [2.45, 2.75) is 0 Å².